The summed E-state index contributed by atoms with van der Waals surface area (Å²) >= 11 is 0. The number of hydrogen-bond acceptors (Lipinski definition) is 2. The van der Waals surface area contributed by atoms with E-state index in [-0.39, 0.29) is 0 Å². The molecule has 1 fully saturated rings. The molecule has 1 aromatic heterocycles. The van der Waals surface area contributed by atoms with Crippen molar-refractivity contribution < 1.29 is 14.6 Å². The Hall–Kier alpha value is -1.78. The molecule has 5 heteroatoms. The van der Waals surface area contributed by atoms with Crippen molar-refractivity contribution in [1.29, 1.82) is 0 Å². The molecule has 0 bridgehead atoms. The standard InChI is InChI=1S/C11H14N2O3/c14-11(15)12-5-1-9(2-6-12)10-3-7-13(16)8-4-10/h3-4,7-9H,1-2,5-6H2,(H,14,15). The zero-order valence-electron chi connectivity index (χ0n) is 8.87. The van der Waals surface area contributed by atoms with E-state index < -0.39 is 6.09 Å². The van der Waals surface area contributed by atoms with E-state index in [0.29, 0.717) is 19.0 Å². The van der Waals surface area contributed by atoms with Crippen LogP contribution >= 0.6 is 0 Å². The monoisotopic (exact) mass is 222 g/mol. The summed E-state index contributed by atoms with van der Waals surface area (Å²) in [5.41, 5.74) is 1.12. The minimum Gasteiger partial charge on any atom is -0.619 e. The second-order valence-electron chi connectivity index (χ2n) is 4.04. The number of piperidine rings is 1. The highest BCUT2D eigenvalue weighted by atomic mass is 16.5. The summed E-state index contributed by atoms with van der Waals surface area (Å²) in [5, 5.41) is 19.7. The third-order valence-corrected chi connectivity index (χ3v) is 3.06. The highest BCUT2D eigenvalue weighted by Gasteiger charge is 2.23. The van der Waals surface area contributed by atoms with Crippen molar-refractivity contribution in [3.05, 3.63) is 35.3 Å². The van der Waals surface area contributed by atoms with Gasteiger partial charge in [0.15, 0.2) is 12.4 Å². The molecule has 0 saturated carbocycles. The van der Waals surface area contributed by atoms with E-state index in [1.165, 1.54) is 17.3 Å². The van der Waals surface area contributed by atoms with Crippen molar-refractivity contribution in [2.75, 3.05) is 13.1 Å². The number of nitrogens with zero attached hydrogens (tertiary/aromatic N) is 2. The lowest BCUT2D eigenvalue weighted by atomic mass is 9.90. The van der Waals surface area contributed by atoms with E-state index in [9.17, 15) is 10.0 Å². The van der Waals surface area contributed by atoms with Gasteiger partial charge in [0.25, 0.3) is 0 Å². The van der Waals surface area contributed by atoms with Gasteiger partial charge in [0.2, 0.25) is 0 Å². The largest absolute Gasteiger partial charge is 0.619 e. The topological polar surface area (TPSA) is 67.5 Å². The second-order valence-corrected chi connectivity index (χ2v) is 4.04. The van der Waals surface area contributed by atoms with Gasteiger partial charge in [-0.3, -0.25) is 0 Å². The molecule has 0 aliphatic carbocycles. The van der Waals surface area contributed by atoms with Crippen molar-refractivity contribution in [3.63, 3.8) is 0 Å². The Morgan fingerprint density at radius 2 is 1.94 bits per heavy atom. The molecule has 2 rings (SSSR count). The number of amides is 1. The maximum Gasteiger partial charge on any atom is 0.407 e. The average Bonchev–Trinajstić information content (AvgIpc) is 2.30. The van der Waals surface area contributed by atoms with Crippen LogP contribution in [0.2, 0.25) is 0 Å². The molecule has 0 aromatic carbocycles. The van der Waals surface area contributed by atoms with Gasteiger partial charge in [-0.2, -0.15) is 4.73 Å². The van der Waals surface area contributed by atoms with Crippen LogP contribution in [0.5, 0.6) is 0 Å². The van der Waals surface area contributed by atoms with E-state index in [2.05, 4.69) is 0 Å². The van der Waals surface area contributed by atoms with E-state index in [0.717, 1.165) is 23.1 Å². The van der Waals surface area contributed by atoms with Crippen LogP contribution in [0.1, 0.15) is 24.3 Å². The fraction of sp³-hybridized carbons (Fsp3) is 0.455. The zero-order chi connectivity index (χ0) is 11.5. The minimum atomic E-state index is -0.844. The highest BCUT2D eigenvalue weighted by Crippen LogP contribution is 2.27. The number of carboxylic acid groups (broad SMARTS) is 1. The molecule has 16 heavy (non-hydrogen) atoms. The van der Waals surface area contributed by atoms with Crippen molar-refractivity contribution in [2.24, 2.45) is 0 Å². The molecule has 1 aliphatic heterocycles. The zero-order valence-corrected chi connectivity index (χ0v) is 8.87. The Bertz CT molecular complexity index is 369. The van der Waals surface area contributed by atoms with E-state index in [4.69, 9.17) is 5.11 Å². The van der Waals surface area contributed by atoms with Gasteiger partial charge in [-0.05, 0) is 24.3 Å². The number of pyridine rings is 1. The van der Waals surface area contributed by atoms with Gasteiger partial charge < -0.3 is 15.2 Å². The van der Waals surface area contributed by atoms with E-state index in [1.54, 1.807) is 0 Å². The van der Waals surface area contributed by atoms with Crippen molar-refractivity contribution in [3.8, 4) is 0 Å². The molecule has 5 nitrogen and oxygen atoms in total. The summed E-state index contributed by atoms with van der Waals surface area (Å²) in [7, 11) is 0. The summed E-state index contributed by atoms with van der Waals surface area (Å²) in [6.45, 7) is 1.15. The minimum absolute atomic E-state index is 0.372. The highest BCUT2D eigenvalue weighted by molar-refractivity contribution is 5.65. The predicted molar refractivity (Wildman–Crippen MR) is 57.0 cm³/mol. The third kappa shape index (κ3) is 2.24. The van der Waals surface area contributed by atoms with Gasteiger partial charge in [-0.25, -0.2) is 4.79 Å². The molecule has 0 unspecified atom stereocenters. The lowest BCUT2D eigenvalue weighted by Gasteiger charge is -2.29. The van der Waals surface area contributed by atoms with Crippen molar-refractivity contribution in [2.45, 2.75) is 18.8 Å². The molecule has 1 N–H and O–H groups in total. The van der Waals surface area contributed by atoms with Gasteiger partial charge in [0.05, 0.1) is 0 Å². The summed E-state index contributed by atoms with van der Waals surface area (Å²) in [6, 6.07) is 3.63. The van der Waals surface area contributed by atoms with Crippen LogP contribution in [0.4, 0.5) is 4.79 Å². The first-order valence-corrected chi connectivity index (χ1v) is 5.33. The molecule has 86 valence electrons. The second kappa shape index (κ2) is 4.38. The van der Waals surface area contributed by atoms with Crippen LogP contribution in [0.15, 0.2) is 24.5 Å². The molecule has 2 heterocycles. The average molecular weight is 222 g/mol. The van der Waals surface area contributed by atoms with Crippen LogP contribution in [0, 0.1) is 5.21 Å². The van der Waals surface area contributed by atoms with Crippen LogP contribution in [0.25, 0.3) is 0 Å². The molecule has 1 saturated heterocycles. The molecule has 0 atom stereocenters. The van der Waals surface area contributed by atoms with Crippen LogP contribution in [-0.4, -0.2) is 29.2 Å². The van der Waals surface area contributed by atoms with Crippen LogP contribution < -0.4 is 4.73 Å². The summed E-state index contributed by atoms with van der Waals surface area (Å²) in [4.78, 5) is 12.2. The molecule has 1 aromatic rings. The van der Waals surface area contributed by atoms with Gasteiger partial charge in [0.1, 0.15) is 0 Å². The number of rotatable bonds is 1. The lowest BCUT2D eigenvalue weighted by molar-refractivity contribution is -0.605. The quantitative estimate of drug-likeness (QED) is 0.573. The van der Waals surface area contributed by atoms with Crippen LogP contribution in [-0.2, 0) is 0 Å². The Balaban J connectivity index is 1.99. The Morgan fingerprint density at radius 3 is 2.44 bits per heavy atom. The molecule has 1 amide bonds. The number of carbonyl (C=O) groups is 1. The molecule has 1 aliphatic rings. The Kier molecular flexibility index (Phi) is 2.94. The van der Waals surface area contributed by atoms with Gasteiger partial charge in [-0.15, -0.1) is 0 Å². The molecule has 0 spiro atoms. The Labute approximate surface area is 93.5 Å². The fourth-order valence-electron chi connectivity index (χ4n) is 2.10. The molecular weight excluding hydrogens is 208 g/mol. The van der Waals surface area contributed by atoms with E-state index >= 15 is 0 Å². The number of hydrogen-bond donors (Lipinski definition) is 1. The smallest absolute Gasteiger partial charge is 0.407 e. The Morgan fingerprint density at radius 1 is 1.38 bits per heavy atom. The van der Waals surface area contributed by atoms with Crippen molar-refractivity contribution >= 4 is 6.09 Å². The maximum atomic E-state index is 10.9. The van der Waals surface area contributed by atoms with Gasteiger partial charge in [0, 0.05) is 25.2 Å². The first kappa shape index (κ1) is 10.7. The normalized spacial score (nSPS) is 17.4. The maximum absolute atomic E-state index is 10.9. The SMILES string of the molecule is O=C(O)N1CCC(c2cc[n+]([O-])cc2)CC1. The third-order valence-electron chi connectivity index (χ3n) is 3.06. The summed E-state index contributed by atoms with van der Waals surface area (Å²) in [6.07, 6.45) is 3.78. The van der Waals surface area contributed by atoms with Gasteiger partial charge in [-0.1, -0.05) is 0 Å². The first-order chi connectivity index (χ1) is 7.66. The fourth-order valence-corrected chi connectivity index (χ4v) is 2.10. The summed E-state index contributed by atoms with van der Waals surface area (Å²) in [5.74, 6) is 0.372. The predicted octanol–water partition coefficient (Wildman–Crippen LogP) is 1.18. The number of aromatic nitrogens is 1. The first-order valence-electron chi connectivity index (χ1n) is 5.33. The van der Waals surface area contributed by atoms with Gasteiger partial charge >= 0.3 is 6.09 Å². The molecule has 0 radical (unpaired) electrons. The van der Waals surface area contributed by atoms with Crippen LogP contribution in [0.3, 0.4) is 0 Å². The summed E-state index contributed by atoms with van der Waals surface area (Å²) < 4.78 is 0.760. The van der Waals surface area contributed by atoms with E-state index in [1.807, 2.05) is 12.1 Å². The number of likely N-dealkylation sites (tertiary alicyclic amines) is 1. The van der Waals surface area contributed by atoms with Crippen molar-refractivity contribution in [1.82, 2.24) is 4.90 Å². The molecular formula is C11H14N2O3. The lowest BCUT2D eigenvalue weighted by Crippen LogP contribution is -2.37.